The Bertz CT molecular complexity index is 4040. The average Bonchev–Trinajstić information content (AvgIpc) is 0.643. The van der Waals surface area contributed by atoms with E-state index in [1.807, 2.05) is 0 Å². The van der Waals surface area contributed by atoms with Crippen molar-refractivity contribution >= 4 is 25.8 Å². The Labute approximate surface area is 818 Å². The molecule has 6 aromatic rings. The highest BCUT2D eigenvalue weighted by molar-refractivity contribution is 7.38. The summed E-state index contributed by atoms with van der Waals surface area (Å²) in [4.78, 5) is 65.1. The van der Waals surface area contributed by atoms with Crippen LogP contribution >= 0.6 is 25.8 Å². The fraction of sp³-hybridized carbons (Fsp3) is 0.695. The Balaban J connectivity index is 0.00000357. The van der Waals surface area contributed by atoms with Crippen LogP contribution in [0.25, 0.3) is 0 Å². The van der Waals surface area contributed by atoms with Crippen LogP contribution in [0.3, 0.4) is 0 Å². The van der Waals surface area contributed by atoms with E-state index < -0.39 is 96.7 Å². The summed E-state index contributed by atoms with van der Waals surface area (Å²) in [6.07, 6.45) is 45.0. The zero-order valence-corrected chi connectivity index (χ0v) is 93.6. The number of aryl methyl sites for hydroxylation is 3. The van der Waals surface area contributed by atoms with Crippen molar-refractivity contribution in [3.8, 4) is 17.2 Å². The Morgan fingerprint density at radius 1 is 0.226 bits per heavy atom. The number of phenolic OH excluding ortho intramolecular Hbond substituents is 3. The molecule has 0 aliphatic carbocycles. The Morgan fingerprint density at radius 3 is 0.609 bits per heavy atom. The maximum Gasteiger partial charge on any atom is 0.324 e. The first-order chi connectivity index (χ1) is 61.4. The number of rotatable bonds is 45. The molecule has 6 rings (SSSR count). The van der Waals surface area contributed by atoms with Crippen LogP contribution < -0.4 is 0 Å². The van der Waals surface area contributed by atoms with Gasteiger partial charge >= 0.3 is 25.8 Å². The second-order valence-corrected chi connectivity index (χ2v) is 50.7. The summed E-state index contributed by atoms with van der Waals surface area (Å²) < 4.78 is 0. The van der Waals surface area contributed by atoms with Gasteiger partial charge in [-0.3, -0.25) is 0 Å². The van der Waals surface area contributed by atoms with Gasteiger partial charge in [0.05, 0.1) is 5.41 Å². The third-order valence-corrected chi connectivity index (χ3v) is 28.3. The molecule has 758 valence electrons. The number of unbranched alkanes of at least 4 members (excludes halogenated alkanes) is 30. The van der Waals surface area contributed by atoms with Crippen molar-refractivity contribution in [2.45, 2.75) is 525 Å². The van der Waals surface area contributed by atoms with Gasteiger partial charge in [0.2, 0.25) is 0 Å². The highest BCUT2D eigenvalue weighted by atomic mass is 31.2. The monoisotopic (exact) mass is 1900 g/mol. The Hall–Kier alpha value is -4.35. The zero-order valence-electron chi connectivity index (χ0n) is 90.9. The van der Waals surface area contributed by atoms with Crippen molar-refractivity contribution in [1.82, 2.24) is 0 Å². The van der Waals surface area contributed by atoms with Crippen LogP contribution in [0.4, 0.5) is 0 Å². The Kier molecular flexibility index (Phi) is 50.4. The summed E-state index contributed by atoms with van der Waals surface area (Å²) in [5.41, 5.74) is 14.3. The molecule has 0 spiro atoms. The van der Waals surface area contributed by atoms with E-state index in [9.17, 15) is 15.3 Å². The topological polar surface area (TPSA) is 243 Å². The molecular weight excluding hydrogens is 1700 g/mol. The minimum Gasteiger partial charge on any atom is -0.508 e. The lowest BCUT2D eigenvalue weighted by molar-refractivity contribution is 0.0774. The van der Waals surface area contributed by atoms with Gasteiger partial charge in [-0.15, -0.1) is 0 Å². The maximum absolute atomic E-state index is 13.6. The van der Waals surface area contributed by atoms with Crippen LogP contribution in [0.1, 0.15) is 545 Å². The van der Waals surface area contributed by atoms with E-state index in [0.717, 1.165) is 91.2 Å². The van der Waals surface area contributed by atoms with Gasteiger partial charge in [0, 0.05) is 11.3 Å². The molecule has 1 atom stereocenters. The zero-order chi connectivity index (χ0) is 101. The van der Waals surface area contributed by atoms with Gasteiger partial charge < -0.3 is 59.4 Å². The molecule has 0 aromatic heterocycles. The molecule has 12 nitrogen and oxygen atoms in total. The van der Waals surface area contributed by atoms with E-state index in [2.05, 4.69) is 319 Å². The number of phenols is 3. The minimum atomic E-state index is -2.62. The highest BCUT2D eigenvalue weighted by Crippen LogP contribution is 2.75. The van der Waals surface area contributed by atoms with E-state index in [4.69, 9.17) is 44.0 Å². The molecule has 0 radical (unpaired) electrons. The molecule has 12 N–H and O–H groups in total. The van der Waals surface area contributed by atoms with Crippen molar-refractivity contribution in [2.75, 3.05) is 0 Å². The van der Waals surface area contributed by atoms with Crippen molar-refractivity contribution in [2.24, 2.45) is 5.41 Å². The summed E-state index contributed by atoms with van der Waals surface area (Å²) >= 11 is 0. The molecule has 15 heteroatoms. The molecular formula is C118H199O12P3. The molecule has 0 aliphatic rings. The fourth-order valence-corrected chi connectivity index (χ4v) is 22.0. The van der Waals surface area contributed by atoms with Crippen molar-refractivity contribution in [3.63, 3.8) is 0 Å². The molecule has 0 aliphatic heterocycles. The molecule has 0 saturated heterocycles. The molecule has 0 amide bonds. The standard InChI is InChI=1S/C118H190O3.3H3O3P/c1-34-37-40-43-46-49-52-55-58-61-64-76-116(77-65-62-59-56-53-50-47-44-41-38-35-2,78-66-63-60-57-54-51-48-45-42-39-36-3)106(88-82-97(113(25,26)27)100(119)79-85(88)4)118(104-91(109(13,14)15)72-68-73-92(104)110(16,17)18,105-93(111(19,20)21)74-69-75-94(105)112(22,23)24)117(95-83-98(114(28,29)30)101(120)80-86(95)5,96-84-99(115(31,32)33)102(121)81-87(96)6)103-89(107(7,8)9)70-67-71-90(103)108(10,11)12;3*1-4(2)3/h67-75,79-84,106,119-121H,34-66,76-78H2,1-33H3;3*1-3H. The second kappa shape index (κ2) is 54.6. The maximum atomic E-state index is 13.6. The molecule has 1 unspecified atom stereocenters. The third kappa shape index (κ3) is 36.0. The summed E-state index contributed by atoms with van der Waals surface area (Å²) in [5, 5.41) is 40.8. The lowest BCUT2D eigenvalue weighted by Gasteiger charge is -2.66. The second-order valence-electron chi connectivity index (χ2n) is 49.0. The van der Waals surface area contributed by atoms with Gasteiger partial charge in [-0.2, -0.15) is 0 Å². The SMILES string of the molecule is CCCCCCCCCCCCCC(CCCCCCCCCCCCC)(CCCCCCCCCCCCC)C(c1cc(C(C)(C)C)c(O)cc1C)C(c1c(C(C)(C)C)cccc1C(C)(C)C)(c1c(C(C)(C)C)cccc1C(C)(C)C)C(c1cc(C(C)(C)C)c(O)cc1C)(c1cc(C(C)(C)C)c(O)cc1C)c1c(C(C)(C)C)cccc1C(C)(C)C.OP(O)O.OP(O)O.OP(O)O. The van der Waals surface area contributed by atoms with Crippen LogP contribution in [0, 0.1) is 26.2 Å². The molecule has 6 aromatic carbocycles. The van der Waals surface area contributed by atoms with Gasteiger partial charge in [0.15, 0.2) is 0 Å². The predicted octanol–water partition coefficient (Wildman–Crippen LogP) is 34.2. The summed E-state index contributed by atoms with van der Waals surface area (Å²) in [6.45, 7) is 81.0. The van der Waals surface area contributed by atoms with Crippen LogP contribution in [-0.2, 0) is 59.6 Å². The first kappa shape index (κ1) is 123. The number of hydrogen-bond acceptors (Lipinski definition) is 12. The molecule has 0 bridgehead atoms. The van der Waals surface area contributed by atoms with Crippen molar-refractivity contribution in [1.29, 1.82) is 0 Å². The minimum absolute atomic E-state index is 0.321. The fourth-order valence-electron chi connectivity index (χ4n) is 22.0. The number of hydrogen-bond donors (Lipinski definition) is 12. The third-order valence-electron chi connectivity index (χ3n) is 28.3. The quantitative estimate of drug-likeness (QED) is 0.00971. The largest absolute Gasteiger partial charge is 0.508 e. The first-order valence-electron chi connectivity index (χ1n) is 52.0. The summed E-state index contributed by atoms with van der Waals surface area (Å²) in [7, 11) is -7.86. The van der Waals surface area contributed by atoms with Crippen LogP contribution in [0.2, 0.25) is 0 Å². The van der Waals surface area contributed by atoms with E-state index in [1.165, 1.54) is 240 Å². The summed E-state index contributed by atoms with van der Waals surface area (Å²) in [5.74, 6) is 0.612. The Morgan fingerprint density at radius 2 is 0.406 bits per heavy atom. The van der Waals surface area contributed by atoms with Gasteiger partial charge in [0.1, 0.15) is 17.2 Å². The van der Waals surface area contributed by atoms with Gasteiger partial charge in [-0.25, -0.2) is 0 Å². The van der Waals surface area contributed by atoms with Crippen LogP contribution in [0.5, 0.6) is 17.2 Å². The molecule has 133 heavy (non-hydrogen) atoms. The summed E-state index contributed by atoms with van der Waals surface area (Å²) in [6, 6.07) is 37.6. The van der Waals surface area contributed by atoms with Gasteiger partial charge in [-0.1, -0.05) is 492 Å². The van der Waals surface area contributed by atoms with Crippen LogP contribution in [0.15, 0.2) is 91.0 Å². The molecule has 0 saturated carbocycles. The normalized spacial score (nSPS) is 13.3. The van der Waals surface area contributed by atoms with E-state index in [-0.39, 0.29) is 0 Å². The average molecular weight is 1900 g/mol. The van der Waals surface area contributed by atoms with Crippen LogP contribution in [-0.4, -0.2) is 59.4 Å². The van der Waals surface area contributed by atoms with Gasteiger partial charge in [0.25, 0.3) is 0 Å². The first-order valence-corrected chi connectivity index (χ1v) is 55.6. The molecule has 0 fully saturated rings. The lowest BCUT2D eigenvalue weighted by Crippen LogP contribution is -2.63. The predicted molar refractivity (Wildman–Crippen MR) is 576 cm³/mol. The highest BCUT2D eigenvalue weighted by Gasteiger charge is 2.70. The van der Waals surface area contributed by atoms with Crippen molar-refractivity contribution < 1.29 is 59.4 Å². The number of aromatic hydroxyl groups is 3. The molecule has 0 heterocycles. The van der Waals surface area contributed by atoms with E-state index in [0.29, 0.717) is 17.2 Å². The van der Waals surface area contributed by atoms with Crippen molar-refractivity contribution in [3.05, 3.63) is 191 Å². The smallest absolute Gasteiger partial charge is 0.324 e. The van der Waals surface area contributed by atoms with E-state index >= 15 is 0 Å². The number of benzene rings is 6. The lowest BCUT2D eigenvalue weighted by atomic mass is 9.35. The van der Waals surface area contributed by atoms with E-state index in [1.54, 1.807) is 0 Å². The van der Waals surface area contributed by atoms with Gasteiger partial charge in [-0.05, 0) is 213 Å².